The first-order valence-electron chi connectivity index (χ1n) is 6.12. The first-order chi connectivity index (χ1) is 10.1. The van der Waals surface area contributed by atoms with E-state index in [2.05, 4.69) is 4.98 Å². The molecule has 0 aliphatic rings. The average Bonchev–Trinajstić information content (AvgIpc) is 2.53. The van der Waals surface area contributed by atoms with Crippen LogP contribution in [0, 0.1) is 0 Å². The number of nitrogens with zero attached hydrogens (tertiary/aromatic N) is 2. The summed E-state index contributed by atoms with van der Waals surface area (Å²) < 4.78 is 4.72. The van der Waals surface area contributed by atoms with Crippen LogP contribution in [-0.4, -0.2) is 31.0 Å². The van der Waals surface area contributed by atoms with Gasteiger partial charge in [0.15, 0.2) is 0 Å². The zero-order valence-electron chi connectivity index (χ0n) is 11.5. The molecule has 21 heavy (non-hydrogen) atoms. The number of halogens is 1. The summed E-state index contributed by atoms with van der Waals surface area (Å²) in [4.78, 5) is 29.5. The molecule has 0 N–H and O–H groups in total. The number of rotatable bonds is 3. The molecule has 0 bridgehead atoms. The van der Waals surface area contributed by atoms with Crippen molar-refractivity contribution in [3.8, 4) is 0 Å². The Balaban J connectivity index is 2.41. The van der Waals surface area contributed by atoms with Crippen molar-refractivity contribution in [2.45, 2.75) is 0 Å². The number of methoxy groups -OCH3 is 1. The van der Waals surface area contributed by atoms with Gasteiger partial charge in [-0.2, -0.15) is 0 Å². The van der Waals surface area contributed by atoms with Crippen molar-refractivity contribution in [1.29, 1.82) is 0 Å². The molecule has 0 fully saturated rings. The fraction of sp³-hybridized carbons (Fsp3) is 0.133. The highest BCUT2D eigenvalue weighted by Gasteiger charge is 2.21. The van der Waals surface area contributed by atoms with Crippen molar-refractivity contribution in [3.63, 3.8) is 0 Å². The second kappa shape index (κ2) is 6.37. The molecule has 0 saturated carbocycles. The molecule has 0 aliphatic carbocycles. The van der Waals surface area contributed by atoms with Gasteiger partial charge in [0, 0.05) is 13.2 Å². The summed E-state index contributed by atoms with van der Waals surface area (Å²) in [6.45, 7) is 0. The molecule has 2 aromatic rings. The fourth-order valence-electron chi connectivity index (χ4n) is 1.88. The van der Waals surface area contributed by atoms with Crippen LogP contribution in [-0.2, 0) is 4.74 Å². The van der Waals surface area contributed by atoms with Crippen LogP contribution >= 0.6 is 11.6 Å². The lowest BCUT2D eigenvalue weighted by molar-refractivity contribution is 0.0601. The Morgan fingerprint density at radius 1 is 1.14 bits per heavy atom. The van der Waals surface area contributed by atoms with E-state index in [-0.39, 0.29) is 16.6 Å². The van der Waals surface area contributed by atoms with Gasteiger partial charge < -0.3 is 9.64 Å². The Hall–Kier alpha value is -2.40. The van der Waals surface area contributed by atoms with Gasteiger partial charge in [0.25, 0.3) is 5.91 Å². The van der Waals surface area contributed by atoms with Gasteiger partial charge >= 0.3 is 5.97 Å². The molecule has 0 atom stereocenters. The lowest BCUT2D eigenvalue weighted by atomic mass is 10.1. The third-order valence-corrected chi connectivity index (χ3v) is 3.27. The molecule has 2 rings (SSSR count). The van der Waals surface area contributed by atoms with Crippen LogP contribution in [0.5, 0.6) is 0 Å². The SMILES string of the molecule is COC(=O)c1ccccc1N(C)C(=O)c1cccnc1Cl. The van der Waals surface area contributed by atoms with E-state index < -0.39 is 5.97 Å². The van der Waals surface area contributed by atoms with E-state index in [1.165, 1.54) is 18.2 Å². The largest absolute Gasteiger partial charge is 0.465 e. The molecule has 1 heterocycles. The number of carbonyl (C=O) groups is 2. The molecule has 0 radical (unpaired) electrons. The summed E-state index contributed by atoms with van der Waals surface area (Å²) in [5.74, 6) is -0.869. The van der Waals surface area contributed by atoms with Crippen molar-refractivity contribution in [2.24, 2.45) is 0 Å². The number of benzene rings is 1. The fourth-order valence-corrected chi connectivity index (χ4v) is 2.08. The van der Waals surface area contributed by atoms with Crippen molar-refractivity contribution in [3.05, 3.63) is 58.9 Å². The van der Waals surface area contributed by atoms with Gasteiger partial charge in [-0.3, -0.25) is 4.79 Å². The van der Waals surface area contributed by atoms with Crippen molar-refractivity contribution >= 4 is 29.2 Å². The highest BCUT2D eigenvalue weighted by atomic mass is 35.5. The summed E-state index contributed by atoms with van der Waals surface area (Å²) >= 11 is 5.93. The summed E-state index contributed by atoms with van der Waals surface area (Å²) in [6, 6.07) is 9.89. The van der Waals surface area contributed by atoms with Crippen molar-refractivity contribution < 1.29 is 14.3 Å². The monoisotopic (exact) mass is 304 g/mol. The maximum absolute atomic E-state index is 12.5. The van der Waals surface area contributed by atoms with Crippen LogP contribution in [0.4, 0.5) is 5.69 Å². The topological polar surface area (TPSA) is 59.5 Å². The van der Waals surface area contributed by atoms with Gasteiger partial charge in [-0.1, -0.05) is 23.7 Å². The quantitative estimate of drug-likeness (QED) is 0.646. The molecular formula is C15H13ClN2O3. The van der Waals surface area contributed by atoms with E-state index in [1.807, 2.05) is 0 Å². The van der Waals surface area contributed by atoms with E-state index in [1.54, 1.807) is 43.4 Å². The molecule has 5 nitrogen and oxygen atoms in total. The number of esters is 1. The Labute approximate surface area is 127 Å². The first-order valence-corrected chi connectivity index (χ1v) is 6.50. The van der Waals surface area contributed by atoms with Crippen molar-refractivity contribution in [2.75, 3.05) is 19.1 Å². The highest BCUT2D eigenvalue weighted by Crippen LogP contribution is 2.23. The van der Waals surface area contributed by atoms with E-state index in [0.29, 0.717) is 11.3 Å². The third-order valence-electron chi connectivity index (χ3n) is 2.96. The van der Waals surface area contributed by atoms with Crippen LogP contribution < -0.4 is 4.90 Å². The molecule has 0 unspecified atom stereocenters. The third kappa shape index (κ3) is 3.03. The van der Waals surface area contributed by atoms with Crippen LogP contribution in [0.3, 0.4) is 0 Å². The van der Waals surface area contributed by atoms with E-state index in [0.717, 1.165) is 0 Å². The number of pyridine rings is 1. The van der Waals surface area contributed by atoms with Gasteiger partial charge in [0.1, 0.15) is 5.15 Å². The minimum atomic E-state index is -0.512. The van der Waals surface area contributed by atoms with Crippen molar-refractivity contribution in [1.82, 2.24) is 4.98 Å². The summed E-state index contributed by atoms with van der Waals surface area (Å²) in [5, 5.41) is 0.116. The molecule has 0 saturated heterocycles. The summed E-state index contributed by atoms with van der Waals surface area (Å²) in [6.07, 6.45) is 1.50. The zero-order chi connectivity index (χ0) is 15.4. The predicted molar refractivity (Wildman–Crippen MR) is 79.8 cm³/mol. The molecule has 6 heteroatoms. The number of carbonyl (C=O) groups excluding carboxylic acids is 2. The van der Waals surface area contributed by atoms with E-state index in [9.17, 15) is 9.59 Å². The minimum Gasteiger partial charge on any atom is -0.465 e. The summed E-state index contributed by atoms with van der Waals surface area (Å²) in [5.41, 5.74) is 1.01. The molecule has 0 aliphatic heterocycles. The predicted octanol–water partition coefficient (Wildman–Crippen LogP) is 2.80. The Bertz CT molecular complexity index is 688. The molecule has 108 valence electrons. The smallest absolute Gasteiger partial charge is 0.339 e. The average molecular weight is 305 g/mol. The molecule has 1 amide bonds. The van der Waals surface area contributed by atoms with Crippen LogP contribution in [0.2, 0.25) is 5.15 Å². The number of amides is 1. The number of para-hydroxylation sites is 1. The van der Waals surface area contributed by atoms with E-state index in [4.69, 9.17) is 16.3 Å². The maximum atomic E-state index is 12.5. The Morgan fingerprint density at radius 2 is 1.81 bits per heavy atom. The number of hydrogen-bond acceptors (Lipinski definition) is 4. The van der Waals surface area contributed by atoms with E-state index >= 15 is 0 Å². The van der Waals surface area contributed by atoms with Crippen LogP contribution in [0.15, 0.2) is 42.6 Å². The molecular weight excluding hydrogens is 292 g/mol. The lowest BCUT2D eigenvalue weighted by Gasteiger charge is -2.20. The van der Waals surface area contributed by atoms with Crippen LogP contribution in [0.25, 0.3) is 0 Å². The number of hydrogen-bond donors (Lipinski definition) is 0. The first kappa shape index (κ1) is 15.0. The van der Waals surface area contributed by atoms with Crippen LogP contribution in [0.1, 0.15) is 20.7 Å². The maximum Gasteiger partial charge on any atom is 0.339 e. The number of ether oxygens (including phenoxy) is 1. The minimum absolute atomic E-state index is 0.116. The second-order valence-electron chi connectivity index (χ2n) is 4.21. The normalized spacial score (nSPS) is 10.0. The second-order valence-corrected chi connectivity index (χ2v) is 4.57. The van der Waals surface area contributed by atoms with Gasteiger partial charge in [0.05, 0.1) is 23.9 Å². The van der Waals surface area contributed by atoms with Gasteiger partial charge in [-0.15, -0.1) is 0 Å². The number of aromatic nitrogens is 1. The zero-order valence-corrected chi connectivity index (χ0v) is 12.3. The van der Waals surface area contributed by atoms with Gasteiger partial charge in [0.2, 0.25) is 0 Å². The highest BCUT2D eigenvalue weighted by molar-refractivity contribution is 6.33. The summed E-state index contributed by atoms with van der Waals surface area (Å²) in [7, 11) is 2.85. The van der Waals surface area contributed by atoms with Gasteiger partial charge in [-0.05, 0) is 24.3 Å². The lowest BCUT2D eigenvalue weighted by Crippen LogP contribution is -2.28. The molecule has 1 aromatic heterocycles. The van der Waals surface area contributed by atoms with Gasteiger partial charge in [-0.25, -0.2) is 9.78 Å². The standard InChI is InChI=1S/C15H13ClN2O3/c1-18(14(19)11-7-5-9-17-13(11)16)12-8-4-3-6-10(12)15(20)21-2/h3-9H,1-2H3. The Kier molecular flexibility index (Phi) is 4.55. The number of anilines is 1. The molecule has 0 spiro atoms. The Morgan fingerprint density at radius 3 is 2.48 bits per heavy atom. The molecule has 1 aromatic carbocycles.